The molecule has 0 aliphatic rings. The summed E-state index contributed by atoms with van der Waals surface area (Å²) in [5.41, 5.74) is 1.99. The highest BCUT2D eigenvalue weighted by Gasteiger charge is 2.29. The Hall–Kier alpha value is -2.47. The largest absolute Gasteiger partial charge is 0.416 e. The highest BCUT2D eigenvalue weighted by atomic mass is 19.4. The molecule has 0 amide bonds. The lowest BCUT2D eigenvalue weighted by molar-refractivity contribution is -0.137. The number of allylic oxidation sites excluding steroid dienone is 1. The molecule has 0 radical (unpaired) electrons. The topological polar surface area (TPSA) is 0 Å². The van der Waals surface area contributed by atoms with Gasteiger partial charge in [-0.1, -0.05) is 68.4 Å². The number of halogens is 3. The molecule has 2 aromatic rings. The van der Waals surface area contributed by atoms with Gasteiger partial charge in [0.25, 0.3) is 0 Å². The molecule has 0 unspecified atom stereocenters. The first-order valence-corrected chi connectivity index (χ1v) is 8.94. The molecule has 0 saturated carbocycles. The monoisotopic (exact) mass is 356 g/mol. The Balaban J connectivity index is 2.19. The summed E-state index contributed by atoms with van der Waals surface area (Å²) in [6.07, 6.45) is 2.92. The van der Waals surface area contributed by atoms with Crippen LogP contribution in [0.2, 0.25) is 0 Å². The standard InChI is InChI=1S/C23H23F3/c1-2-3-4-6-11-20(13-12-19-9-7-5-8-10-19)18-21-14-16-22(17-15-21)23(24,25)26/h5,7-10,14-18H,2-4,6,11H2,1H3/b20-18-. The van der Waals surface area contributed by atoms with Gasteiger partial charge >= 0.3 is 6.18 Å². The van der Waals surface area contributed by atoms with Crippen LogP contribution in [-0.2, 0) is 6.18 Å². The van der Waals surface area contributed by atoms with Gasteiger partial charge in [0.1, 0.15) is 0 Å². The van der Waals surface area contributed by atoms with Gasteiger partial charge in [0.2, 0.25) is 0 Å². The number of alkyl halides is 3. The van der Waals surface area contributed by atoms with Crippen molar-refractivity contribution in [2.75, 3.05) is 0 Å². The predicted octanol–water partition coefficient (Wildman–Crippen LogP) is 7.11. The summed E-state index contributed by atoms with van der Waals surface area (Å²) in [5.74, 6) is 6.34. The lowest BCUT2D eigenvalue weighted by Gasteiger charge is -2.06. The fraction of sp³-hybridized carbons (Fsp3) is 0.304. The molecule has 0 fully saturated rings. The van der Waals surface area contributed by atoms with E-state index in [2.05, 4.69) is 18.8 Å². The van der Waals surface area contributed by atoms with Gasteiger partial charge in [-0.2, -0.15) is 13.2 Å². The molecular formula is C23H23F3. The minimum atomic E-state index is -4.31. The lowest BCUT2D eigenvalue weighted by atomic mass is 10.0. The van der Waals surface area contributed by atoms with Gasteiger partial charge < -0.3 is 0 Å². The third kappa shape index (κ3) is 6.80. The first kappa shape index (κ1) is 19.8. The van der Waals surface area contributed by atoms with Gasteiger partial charge in [-0.25, -0.2) is 0 Å². The number of benzene rings is 2. The van der Waals surface area contributed by atoms with Crippen molar-refractivity contribution < 1.29 is 13.2 Å². The van der Waals surface area contributed by atoms with Crippen LogP contribution in [0.5, 0.6) is 0 Å². The van der Waals surface area contributed by atoms with Gasteiger partial charge in [0.05, 0.1) is 5.56 Å². The summed E-state index contributed by atoms with van der Waals surface area (Å²) in [7, 11) is 0. The molecule has 0 aliphatic carbocycles. The smallest absolute Gasteiger partial charge is 0.166 e. The third-order valence-corrected chi connectivity index (χ3v) is 4.02. The summed E-state index contributed by atoms with van der Waals surface area (Å²) in [6.45, 7) is 2.16. The Morgan fingerprint density at radius 1 is 0.923 bits per heavy atom. The zero-order valence-electron chi connectivity index (χ0n) is 14.9. The van der Waals surface area contributed by atoms with Crippen molar-refractivity contribution in [2.45, 2.75) is 45.2 Å². The van der Waals surface area contributed by atoms with E-state index in [1.54, 1.807) is 0 Å². The van der Waals surface area contributed by atoms with Crippen LogP contribution in [0.25, 0.3) is 6.08 Å². The maximum atomic E-state index is 12.7. The van der Waals surface area contributed by atoms with Crippen molar-refractivity contribution in [1.29, 1.82) is 0 Å². The average molecular weight is 356 g/mol. The van der Waals surface area contributed by atoms with Crippen LogP contribution in [0, 0.1) is 11.8 Å². The van der Waals surface area contributed by atoms with Crippen LogP contribution in [0.1, 0.15) is 55.7 Å². The van der Waals surface area contributed by atoms with Crippen LogP contribution in [0.4, 0.5) is 13.2 Å². The average Bonchev–Trinajstić information content (AvgIpc) is 2.63. The molecule has 26 heavy (non-hydrogen) atoms. The molecule has 2 aromatic carbocycles. The number of unbranched alkanes of at least 4 members (excludes halogenated alkanes) is 3. The first-order valence-electron chi connectivity index (χ1n) is 8.94. The van der Waals surface area contributed by atoms with E-state index in [0.29, 0.717) is 0 Å². The van der Waals surface area contributed by atoms with Crippen molar-refractivity contribution in [3.8, 4) is 11.8 Å². The van der Waals surface area contributed by atoms with Crippen molar-refractivity contribution in [1.82, 2.24) is 0 Å². The van der Waals surface area contributed by atoms with E-state index in [9.17, 15) is 13.2 Å². The quantitative estimate of drug-likeness (QED) is 0.382. The highest BCUT2D eigenvalue weighted by molar-refractivity contribution is 5.59. The van der Waals surface area contributed by atoms with Crippen LogP contribution in [0.3, 0.4) is 0 Å². The highest BCUT2D eigenvalue weighted by Crippen LogP contribution is 2.29. The Labute approximate surface area is 153 Å². The summed E-state index contributed by atoms with van der Waals surface area (Å²) in [4.78, 5) is 0. The molecule has 0 aromatic heterocycles. The molecule has 0 heterocycles. The summed E-state index contributed by atoms with van der Waals surface area (Å²) in [5, 5.41) is 0. The van der Waals surface area contributed by atoms with Crippen LogP contribution in [0.15, 0.2) is 60.2 Å². The zero-order valence-corrected chi connectivity index (χ0v) is 14.9. The van der Waals surface area contributed by atoms with Crippen LogP contribution >= 0.6 is 0 Å². The molecule has 0 nitrogen and oxygen atoms in total. The molecule has 0 saturated heterocycles. The van der Waals surface area contributed by atoms with E-state index < -0.39 is 11.7 Å². The van der Waals surface area contributed by atoms with Gasteiger partial charge in [0, 0.05) is 11.1 Å². The number of hydrogen-bond acceptors (Lipinski definition) is 0. The number of rotatable bonds is 6. The molecule has 136 valence electrons. The Morgan fingerprint density at radius 3 is 2.23 bits per heavy atom. The summed E-state index contributed by atoms with van der Waals surface area (Å²) < 4.78 is 38.1. The first-order chi connectivity index (χ1) is 12.5. The Morgan fingerprint density at radius 2 is 1.62 bits per heavy atom. The maximum absolute atomic E-state index is 12.7. The summed E-state index contributed by atoms with van der Waals surface area (Å²) in [6, 6.07) is 14.9. The molecule has 0 aliphatic heterocycles. The van der Waals surface area contributed by atoms with Crippen LogP contribution < -0.4 is 0 Å². The van der Waals surface area contributed by atoms with Crippen LogP contribution in [-0.4, -0.2) is 0 Å². The molecule has 2 rings (SSSR count). The molecule has 3 heteroatoms. The molecule has 0 N–H and O–H groups in total. The van der Waals surface area contributed by atoms with Gasteiger partial charge in [-0.3, -0.25) is 0 Å². The number of hydrogen-bond donors (Lipinski definition) is 0. The maximum Gasteiger partial charge on any atom is 0.416 e. The van der Waals surface area contributed by atoms with Crippen molar-refractivity contribution in [3.05, 3.63) is 76.9 Å². The zero-order chi connectivity index (χ0) is 18.8. The van der Waals surface area contributed by atoms with E-state index in [1.165, 1.54) is 18.6 Å². The molecule has 0 spiro atoms. The van der Waals surface area contributed by atoms with E-state index in [1.807, 2.05) is 36.4 Å². The third-order valence-electron chi connectivity index (χ3n) is 4.02. The van der Waals surface area contributed by atoms with E-state index in [0.717, 1.165) is 54.5 Å². The molecular weight excluding hydrogens is 333 g/mol. The Kier molecular flexibility index (Phi) is 7.53. The fourth-order valence-corrected chi connectivity index (χ4v) is 2.56. The summed E-state index contributed by atoms with van der Waals surface area (Å²) >= 11 is 0. The second kappa shape index (κ2) is 9.87. The van der Waals surface area contributed by atoms with Gasteiger partial charge in [-0.15, -0.1) is 0 Å². The molecule has 0 atom stereocenters. The van der Waals surface area contributed by atoms with Crippen molar-refractivity contribution >= 4 is 6.08 Å². The van der Waals surface area contributed by atoms with E-state index in [-0.39, 0.29) is 0 Å². The normalized spacial score (nSPS) is 11.8. The Bertz CT molecular complexity index is 757. The molecule has 0 bridgehead atoms. The minimum Gasteiger partial charge on any atom is -0.166 e. The van der Waals surface area contributed by atoms with Gasteiger partial charge in [0.15, 0.2) is 0 Å². The van der Waals surface area contributed by atoms with Gasteiger partial charge in [-0.05, 0) is 48.7 Å². The predicted molar refractivity (Wildman–Crippen MR) is 102 cm³/mol. The minimum absolute atomic E-state index is 0.630. The van der Waals surface area contributed by atoms with Crippen molar-refractivity contribution in [3.63, 3.8) is 0 Å². The van der Waals surface area contributed by atoms with E-state index in [4.69, 9.17) is 0 Å². The second-order valence-corrected chi connectivity index (χ2v) is 6.22. The second-order valence-electron chi connectivity index (χ2n) is 6.22. The van der Waals surface area contributed by atoms with E-state index >= 15 is 0 Å². The lowest BCUT2D eigenvalue weighted by Crippen LogP contribution is -2.04. The SMILES string of the molecule is CCCCCC/C(C#Cc1ccccc1)=C/c1ccc(C(F)(F)F)cc1. The van der Waals surface area contributed by atoms with Crippen molar-refractivity contribution in [2.24, 2.45) is 0 Å². The fourth-order valence-electron chi connectivity index (χ4n) is 2.56.